The number of ether oxygens (including phenoxy) is 2. The number of carbonyl (C=O) groups is 1. The fourth-order valence-corrected chi connectivity index (χ4v) is 1.77. The molecule has 0 aliphatic heterocycles. The molecule has 2 N–H and O–H groups in total. The fraction of sp³-hybridized carbons (Fsp3) is 0.286. The van der Waals surface area contributed by atoms with Gasteiger partial charge < -0.3 is 15.2 Å². The molecule has 0 bridgehead atoms. The Morgan fingerprint density at radius 3 is 2.65 bits per heavy atom. The van der Waals surface area contributed by atoms with E-state index in [0.717, 1.165) is 11.3 Å². The lowest BCUT2D eigenvalue weighted by atomic mass is 10.2. The molecule has 1 aromatic heterocycles. The van der Waals surface area contributed by atoms with Crippen LogP contribution in [0.15, 0.2) is 30.3 Å². The summed E-state index contributed by atoms with van der Waals surface area (Å²) in [6.07, 6.45) is 0. The first-order valence-electron chi connectivity index (χ1n) is 6.27. The summed E-state index contributed by atoms with van der Waals surface area (Å²) in [6.45, 7) is 2.54. The third-order valence-corrected chi connectivity index (χ3v) is 2.79. The molecule has 0 saturated heterocycles. The monoisotopic (exact) mass is 275 g/mol. The van der Waals surface area contributed by atoms with Crippen LogP contribution in [0.3, 0.4) is 0 Å². The summed E-state index contributed by atoms with van der Waals surface area (Å²) in [7, 11) is 1.62. The van der Waals surface area contributed by atoms with Gasteiger partial charge in [0.15, 0.2) is 5.69 Å². The minimum Gasteiger partial charge on any atom is -0.497 e. The van der Waals surface area contributed by atoms with Gasteiger partial charge in [0.05, 0.1) is 20.3 Å². The van der Waals surface area contributed by atoms with Crippen molar-refractivity contribution in [2.75, 3.05) is 19.5 Å². The number of rotatable bonds is 5. The first-order chi connectivity index (χ1) is 9.63. The summed E-state index contributed by atoms with van der Waals surface area (Å²) >= 11 is 0. The molecule has 2 rings (SSSR count). The molecule has 0 spiro atoms. The largest absolute Gasteiger partial charge is 0.497 e. The minimum absolute atomic E-state index is 0.220. The van der Waals surface area contributed by atoms with Crippen LogP contribution in [-0.2, 0) is 11.3 Å². The van der Waals surface area contributed by atoms with Gasteiger partial charge in [-0.15, -0.1) is 0 Å². The number of nitrogen functional groups attached to an aromatic ring is 1. The van der Waals surface area contributed by atoms with E-state index in [-0.39, 0.29) is 5.69 Å². The minimum atomic E-state index is -0.465. The third kappa shape index (κ3) is 3.09. The lowest BCUT2D eigenvalue weighted by molar-refractivity contribution is 0.0518. The van der Waals surface area contributed by atoms with Crippen LogP contribution < -0.4 is 10.5 Å². The van der Waals surface area contributed by atoms with E-state index in [1.54, 1.807) is 18.7 Å². The summed E-state index contributed by atoms with van der Waals surface area (Å²) in [4.78, 5) is 11.6. The van der Waals surface area contributed by atoms with Crippen molar-refractivity contribution in [2.45, 2.75) is 13.5 Å². The lowest BCUT2D eigenvalue weighted by Crippen LogP contribution is -2.09. The highest BCUT2D eigenvalue weighted by Gasteiger charge is 2.13. The zero-order valence-corrected chi connectivity index (χ0v) is 11.5. The summed E-state index contributed by atoms with van der Waals surface area (Å²) in [5, 5.41) is 4.15. The van der Waals surface area contributed by atoms with Crippen molar-refractivity contribution in [2.24, 2.45) is 0 Å². The molecule has 6 heteroatoms. The molecule has 0 amide bonds. The Morgan fingerprint density at radius 1 is 1.35 bits per heavy atom. The number of esters is 1. The molecule has 6 nitrogen and oxygen atoms in total. The Kier molecular flexibility index (Phi) is 4.24. The highest BCUT2D eigenvalue weighted by atomic mass is 16.5. The first-order valence-corrected chi connectivity index (χ1v) is 6.27. The van der Waals surface area contributed by atoms with Gasteiger partial charge >= 0.3 is 5.97 Å². The summed E-state index contributed by atoms with van der Waals surface area (Å²) in [5.41, 5.74) is 7.08. The molecule has 0 fully saturated rings. The normalized spacial score (nSPS) is 10.3. The second kappa shape index (κ2) is 6.10. The molecule has 1 heterocycles. The molecule has 106 valence electrons. The van der Waals surface area contributed by atoms with Crippen LogP contribution in [0.4, 0.5) is 5.82 Å². The van der Waals surface area contributed by atoms with E-state index in [1.165, 1.54) is 6.07 Å². The number of nitrogens with two attached hydrogens (primary N) is 1. The molecule has 1 aromatic carbocycles. The van der Waals surface area contributed by atoms with E-state index in [1.807, 2.05) is 24.3 Å². The van der Waals surface area contributed by atoms with Gasteiger partial charge in [0, 0.05) is 6.07 Å². The third-order valence-electron chi connectivity index (χ3n) is 2.79. The molecule has 0 aliphatic carbocycles. The topological polar surface area (TPSA) is 79.4 Å². The zero-order valence-electron chi connectivity index (χ0n) is 11.5. The Labute approximate surface area is 117 Å². The van der Waals surface area contributed by atoms with Crippen molar-refractivity contribution in [3.05, 3.63) is 41.6 Å². The highest BCUT2D eigenvalue weighted by Crippen LogP contribution is 2.14. The first kappa shape index (κ1) is 13.9. The Morgan fingerprint density at radius 2 is 2.05 bits per heavy atom. The number of anilines is 1. The van der Waals surface area contributed by atoms with Crippen LogP contribution in [0, 0.1) is 0 Å². The van der Waals surface area contributed by atoms with Gasteiger partial charge in [-0.25, -0.2) is 9.48 Å². The summed E-state index contributed by atoms with van der Waals surface area (Å²) in [6, 6.07) is 9.08. The Bertz CT molecular complexity index is 590. The highest BCUT2D eigenvalue weighted by molar-refractivity contribution is 5.88. The molecule has 20 heavy (non-hydrogen) atoms. The summed E-state index contributed by atoms with van der Waals surface area (Å²) < 4.78 is 11.6. The van der Waals surface area contributed by atoms with Crippen molar-refractivity contribution < 1.29 is 14.3 Å². The number of hydrogen-bond acceptors (Lipinski definition) is 5. The fourth-order valence-electron chi connectivity index (χ4n) is 1.77. The van der Waals surface area contributed by atoms with Crippen LogP contribution >= 0.6 is 0 Å². The van der Waals surface area contributed by atoms with Crippen molar-refractivity contribution in [3.63, 3.8) is 0 Å². The van der Waals surface area contributed by atoms with E-state index in [9.17, 15) is 4.79 Å². The van der Waals surface area contributed by atoms with Crippen LogP contribution in [0.1, 0.15) is 23.0 Å². The van der Waals surface area contributed by atoms with Crippen LogP contribution in [0.25, 0.3) is 0 Å². The van der Waals surface area contributed by atoms with Gasteiger partial charge in [0.1, 0.15) is 11.6 Å². The van der Waals surface area contributed by atoms with Gasteiger partial charge in [-0.05, 0) is 24.6 Å². The maximum Gasteiger partial charge on any atom is 0.358 e. The van der Waals surface area contributed by atoms with E-state index >= 15 is 0 Å². The molecule has 0 unspecified atom stereocenters. The van der Waals surface area contributed by atoms with Crippen LogP contribution in [0.2, 0.25) is 0 Å². The number of benzene rings is 1. The van der Waals surface area contributed by atoms with Crippen molar-refractivity contribution >= 4 is 11.8 Å². The second-order valence-corrected chi connectivity index (χ2v) is 4.18. The molecule has 0 saturated carbocycles. The summed E-state index contributed by atoms with van der Waals surface area (Å²) in [5.74, 6) is 0.742. The molecule has 0 atom stereocenters. The number of aromatic nitrogens is 2. The van der Waals surface area contributed by atoms with Crippen LogP contribution in [0.5, 0.6) is 5.75 Å². The number of nitrogens with zero attached hydrogens (tertiary/aromatic N) is 2. The maximum atomic E-state index is 11.6. The molecule has 0 radical (unpaired) electrons. The van der Waals surface area contributed by atoms with E-state index < -0.39 is 5.97 Å². The molecule has 0 aliphatic rings. The Hall–Kier alpha value is -2.50. The quantitative estimate of drug-likeness (QED) is 0.840. The second-order valence-electron chi connectivity index (χ2n) is 4.18. The molecule has 2 aromatic rings. The van der Waals surface area contributed by atoms with E-state index in [2.05, 4.69) is 5.10 Å². The lowest BCUT2D eigenvalue weighted by Gasteiger charge is -2.05. The smallest absolute Gasteiger partial charge is 0.358 e. The van der Waals surface area contributed by atoms with Crippen molar-refractivity contribution in [1.82, 2.24) is 9.78 Å². The van der Waals surface area contributed by atoms with Gasteiger partial charge in [0.2, 0.25) is 0 Å². The maximum absolute atomic E-state index is 11.6. The number of methoxy groups -OCH3 is 1. The predicted octanol–water partition coefficient (Wildman–Crippen LogP) is 1.70. The average molecular weight is 275 g/mol. The van der Waals surface area contributed by atoms with Crippen molar-refractivity contribution in [3.8, 4) is 5.75 Å². The molecular formula is C14H17N3O3. The van der Waals surface area contributed by atoms with E-state index in [4.69, 9.17) is 15.2 Å². The average Bonchev–Trinajstić information content (AvgIpc) is 2.81. The van der Waals surface area contributed by atoms with Crippen LogP contribution in [-0.4, -0.2) is 29.5 Å². The molecular weight excluding hydrogens is 258 g/mol. The van der Waals surface area contributed by atoms with Gasteiger partial charge in [0.25, 0.3) is 0 Å². The van der Waals surface area contributed by atoms with E-state index in [0.29, 0.717) is 19.0 Å². The zero-order chi connectivity index (χ0) is 14.5. The predicted molar refractivity (Wildman–Crippen MR) is 74.7 cm³/mol. The van der Waals surface area contributed by atoms with Gasteiger partial charge in [-0.1, -0.05) is 12.1 Å². The standard InChI is InChI=1S/C14H17N3O3/c1-3-20-14(18)12-8-13(15)17(16-12)9-10-4-6-11(19-2)7-5-10/h4-8H,3,9,15H2,1-2H3. The SMILES string of the molecule is CCOC(=O)c1cc(N)n(Cc2ccc(OC)cc2)n1. The van der Waals surface area contributed by atoms with Crippen molar-refractivity contribution in [1.29, 1.82) is 0 Å². The number of carbonyl (C=O) groups excluding carboxylic acids is 1. The van der Waals surface area contributed by atoms with Gasteiger partial charge in [-0.3, -0.25) is 0 Å². The van der Waals surface area contributed by atoms with Gasteiger partial charge in [-0.2, -0.15) is 5.10 Å². The Balaban J connectivity index is 2.14. The number of hydrogen-bond donors (Lipinski definition) is 1.